The van der Waals surface area contributed by atoms with Crippen molar-refractivity contribution >= 4 is 82.3 Å². The Kier molecular flexibility index (Phi) is 8.52. The number of esters is 1. The van der Waals surface area contributed by atoms with E-state index in [-0.39, 0.29) is 32.0 Å². The third-order valence-electron chi connectivity index (χ3n) is 6.10. The Morgan fingerprint density at radius 2 is 1.46 bits per heavy atom. The van der Waals surface area contributed by atoms with Gasteiger partial charge in [0.25, 0.3) is 26.0 Å². The second-order valence-corrected chi connectivity index (χ2v) is 15.8. The van der Waals surface area contributed by atoms with Crippen LogP contribution in [-0.4, -0.2) is 35.3 Å². The maximum atomic E-state index is 13.5. The highest BCUT2D eigenvalue weighted by Gasteiger charge is 2.28. The summed E-state index contributed by atoms with van der Waals surface area (Å²) < 4.78 is 61.9. The van der Waals surface area contributed by atoms with Crippen LogP contribution in [0.1, 0.15) is 50.9 Å². The first-order chi connectivity index (χ1) is 19.6. The number of nitrogens with one attached hydrogen (secondary N) is 3. The molecule has 0 spiro atoms. The molecule has 0 saturated heterocycles. The number of rotatable bonds is 10. The van der Waals surface area contributed by atoms with Crippen molar-refractivity contribution in [1.82, 2.24) is 0 Å². The fraction of sp³-hybridized carbons (Fsp3) is 0.231. The van der Waals surface area contributed by atoms with Gasteiger partial charge in [-0.15, -0.1) is 34.0 Å². The molecule has 0 saturated carbocycles. The number of hydrogen-bond acceptors (Lipinski definition) is 10. The summed E-state index contributed by atoms with van der Waals surface area (Å²) in [5.74, 6) is -1.17. The molecule has 15 heteroatoms. The molecule has 0 fully saturated rings. The Labute approximate surface area is 249 Å². The third kappa shape index (κ3) is 6.48. The molecule has 3 N–H and O–H groups in total. The maximum Gasteiger partial charge on any atom is 0.341 e. The molecule has 41 heavy (non-hydrogen) atoms. The van der Waals surface area contributed by atoms with E-state index in [1.54, 1.807) is 29.8 Å². The summed E-state index contributed by atoms with van der Waals surface area (Å²) in [4.78, 5) is 27.4. The number of thiophene rings is 3. The molecule has 1 amide bonds. The molecule has 1 aliphatic rings. The van der Waals surface area contributed by atoms with Gasteiger partial charge in [0.2, 0.25) is 0 Å². The van der Waals surface area contributed by atoms with Crippen molar-refractivity contribution in [2.45, 2.75) is 41.0 Å². The molecule has 0 radical (unpaired) electrons. The third-order valence-corrected chi connectivity index (χ3v) is 12.9. The topological polar surface area (TPSA) is 148 Å². The van der Waals surface area contributed by atoms with Gasteiger partial charge in [0.15, 0.2) is 0 Å². The van der Waals surface area contributed by atoms with E-state index in [4.69, 9.17) is 4.74 Å². The number of carbonyl (C=O) groups excluding carboxylic acids is 2. The van der Waals surface area contributed by atoms with Gasteiger partial charge in [0.05, 0.1) is 23.5 Å². The summed E-state index contributed by atoms with van der Waals surface area (Å²) in [7, 11) is -8.00. The van der Waals surface area contributed by atoms with Gasteiger partial charge < -0.3 is 10.1 Å². The first-order valence-corrected chi connectivity index (χ1v) is 18.0. The fourth-order valence-corrected chi connectivity index (χ4v) is 9.71. The van der Waals surface area contributed by atoms with Gasteiger partial charge in [-0.25, -0.2) is 21.6 Å². The number of aryl methyl sites for hydroxylation is 1. The fourth-order valence-electron chi connectivity index (χ4n) is 4.37. The van der Waals surface area contributed by atoms with E-state index in [0.717, 1.165) is 52.4 Å². The number of anilines is 3. The van der Waals surface area contributed by atoms with Crippen LogP contribution in [0.5, 0.6) is 0 Å². The van der Waals surface area contributed by atoms with Gasteiger partial charge in [-0.3, -0.25) is 14.2 Å². The quantitative estimate of drug-likeness (QED) is 0.184. The lowest BCUT2D eigenvalue weighted by molar-refractivity contribution is 0.0526. The normalized spacial score (nSPS) is 13.3. The molecule has 0 aliphatic heterocycles. The van der Waals surface area contributed by atoms with Crippen molar-refractivity contribution < 1.29 is 31.2 Å². The van der Waals surface area contributed by atoms with E-state index < -0.39 is 31.9 Å². The van der Waals surface area contributed by atoms with Gasteiger partial charge in [-0.2, -0.15) is 0 Å². The first-order valence-electron chi connectivity index (χ1n) is 12.5. The zero-order chi connectivity index (χ0) is 29.2. The Bertz CT molecular complexity index is 1710. The van der Waals surface area contributed by atoms with Gasteiger partial charge in [0, 0.05) is 10.4 Å². The van der Waals surface area contributed by atoms with Crippen molar-refractivity contribution in [2.24, 2.45) is 0 Å². The molecule has 10 nitrogen and oxygen atoms in total. The molecular weight excluding hydrogens is 627 g/mol. The minimum atomic E-state index is -4.00. The van der Waals surface area contributed by atoms with E-state index in [2.05, 4.69) is 14.8 Å². The van der Waals surface area contributed by atoms with E-state index in [1.807, 2.05) is 0 Å². The Hall–Kier alpha value is -3.24. The molecule has 3 aromatic heterocycles. The Morgan fingerprint density at radius 3 is 2.00 bits per heavy atom. The smallest absolute Gasteiger partial charge is 0.341 e. The van der Waals surface area contributed by atoms with E-state index in [9.17, 15) is 26.4 Å². The summed E-state index contributed by atoms with van der Waals surface area (Å²) in [6.45, 7) is 1.88. The van der Waals surface area contributed by atoms with Crippen LogP contribution in [0.25, 0.3) is 0 Å². The predicted octanol–water partition coefficient (Wildman–Crippen LogP) is 5.78. The highest BCUT2D eigenvalue weighted by Crippen LogP contribution is 2.39. The molecule has 1 aliphatic carbocycles. The van der Waals surface area contributed by atoms with Gasteiger partial charge in [-0.1, -0.05) is 12.1 Å². The molecule has 216 valence electrons. The highest BCUT2D eigenvalue weighted by molar-refractivity contribution is 7.95. The molecule has 0 atom stereocenters. The lowest BCUT2D eigenvalue weighted by Gasteiger charge is -2.14. The number of hydrogen-bond donors (Lipinski definition) is 3. The second-order valence-electron chi connectivity index (χ2n) is 8.96. The van der Waals surface area contributed by atoms with Crippen LogP contribution in [0.3, 0.4) is 0 Å². The van der Waals surface area contributed by atoms with Gasteiger partial charge in [-0.05, 0) is 79.3 Å². The lowest BCUT2D eigenvalue weighted by Crippen LogP contribution is -2.18. The zero-order valence-electron chi connectivity index (χ0n) is 21.6. The van der Waals surface area contributed by atoms with Crippen molar-refractivity contribution in [1.29, 1.82) is 0 Å². The summed E-state index contributed by atoms with van der Waals surface area (Å²) >= 11 is 3.34. The number of carbonyl (C=O) groups is 2. The minimum Gasteiger partial charge on any atom is -0.462 e. The zero-order valence-corrected chi connectivity index (χ0v) is 25.7. The minimum absolute atomic E-state index is 0.0222. The van der Waals surface area contributed by atoms with Crippen LogP contribution >= 0.6 is 34.0 Å². The number of sulfonamides is 2. The molecule has 4 aromatic rings. The first kappa shape index (κ1) is 29.3. The molecule has 0 bridgehead atoms. The summed E-state index contributed by atoms with van der Waals surface area (Å²) in [6, 6.07) is 9.94. The van der Waals surface area contributed by atoms with Gasteiger partial charge >= 0.3 is 5.97 Å². The SMILES string of the molecule is CCOC(=O)c1c(NC(=O)c2cc(NS(=O)(=O)c3cccs3)cc(NS(=O)(=O)c3cccs3)c2)sc2c1CCCC2. The van der Waals surface area contributed by atoms with Crippen LogP contribution in [0.15, 0.2) is 61.6 Å². The summed E-state index contributed by atoms with van der Waals surface area (Å²) in [6.07, 6.45) is 3.38. The summed E-state index contributed by atoms with van der Waals surface area (Å²) in [5, 5.41) is 6.35. The van der Waals surface area contributed by atoms with E-state index in [0.29, 0.717) is 17.0 Å². The van der Waals surface area contributed by atoms with Crippen molar-refractivity contribution in [3.05, 3.63) is 74.8 Å². The van der Waals surface area contributed by atoms with Crippen LogP contribution in [0, 0.1) is 0 Å². The van der Waals surface area contributed by atoms with E-state index >= 15 is 0 Å². The van der Waals surface area contributed by atoms with Crippen molar-refractivity contribution in [2.75, 3.05) is 21.4 Å². The maximum absolute atomic E-state index is 13.5. The van der Waals surface area contributed by atoms with Crippen LogP contribution in [0.2, 0.25) is 0 Å². The average Bonchev–Trinajstić information content (AvgIpc) is 3.70. The molecule has 5 rings (SSSR count). The van der Waals surface area contributed by atoms with Gasteiger partial charge in [0.1, 0.15) is 13.4 Å². The standard InChI is InChI=1S/C26H25N3O7S5/c1-2-36-26(31)23-19-7-3-4-8-20(19)39-25(23)27-24(30)16-13-17(28-40(32,33)21-9-5-11-37-21)15-18(14-16)29-41(34,35)22-10-6-12-38-22/h5-6,9-15,28-29H,2-4,7-8H2,1H3,(H,27,30). The number of benzene rings is 1. The van der Waals surface area contributed by atoms with Crippen LogP contribution < -0.4 is 14.8 Å². The lowest BCUT2D eigenvalue weighted by atomic mass is 9.95. The average molecular weight is 652 g/mol. The number of amides is 1. The predicted molar refractivity (Wildman–Crippen MR) is 162 cm³/mol. The number of ether oxygens (including phenoxy) is 1. The second kappa shape index (κ2) is 11.9. The van der Waals surface area contributed by atoms with Crippen LogP contribution in [-0.2, 0) is 37.6 Å². The molecule has 3 heterocycles. The Balaban J connectivity index is 1.52. The van der Waals surface area contributed by atoms with Crippen LogP contribution in [0.4, 0.5) is 16.4 Å². The summed E-state index contributed by atoms with van der Waals surface area (Å²) in [5.41, 5.74) is 1.13. The van der Waals surface area contributed by atoms with Crippen molar-refractivity contribution in [3.8, 4) is 0 Å². The largest absolute Gasteiger partial charge is 0.462 e. The molecular formula is C26H25N3O7S5. The molecule has 0 unspecified atom stereocenters. The number of fused-ring (bicyclic) bond motifs is 1. The highest BCUT2D eigenvalue weighted by atomic mass is 32.3. The monoisotopic (exact) mass is 651 g/mol. The van der Waals surface area contributed by atoms with Crippen molar-refractivity contribution in [3.63, 3.8) is 0 Å². The Morgan fingerprint density at radius 1 is 0.878 bits per heavy atom. The molecule has 1 aromatic carbocycles. The van der Waals surface area contributed by atoms with E-state index in [1.165, 1.54) is 41.7 Å².